The standard InChI is InChI=1S/C8H17NO3S.C7H15NO4S/c1-6-3-9-4-7(8(6)10)5-13(2,11)12;1-13(2,11)12-6-4-8-3-5(9)7(6)10/h6-10H,3-5H2,1-2H3;5-10H,1,3-4H2,2H3/t6-,7+,8-;5-,6+,7-,13?/m00/s1. The van der Waals surface area contributed by atoms with Gasteiger partial charge >= 0.3 is 0 Å². The van der Waals surface area contributed by atoms with Gasteiger partial charge in [0.2, 0.25) is 0 Å². The van der Waals surface area contributed by atoms with Gasteiger partial charge in [0.05, 0.1) is 27.8 Å². The van der Waals surface area contributed by atoms with E-state index in [1.54, 1.807) is 0 Å². The molecule has 0 bridgehead atoms. The Morgan fingerprint density at radius 1 is 1.00 bits per heavy atom. The zero-order valence-electron chi connectivity index (χ0n) is 15.5. The maximum absolute atomic E-state index is 11.2. The summed E-state index contributed by atoms with van der Waals surface area (Å²) in [4.78, 5) is 0. The van der Waals surface area contributed by atoms with Gasteiger partial charge in [0.25, 0.3) is 0 Å². The van der Waals surface area contributed by atoms with Crippen molar-refractivity contribution in [2.45, 2.75) is 31.3 Å². The van der Waals surface area contributed by atoms with E-state index in [0.29, 0.717) is 19.6 Å². The number of piperidine rings is 2. The van der Waals surface area contributed by atoms with Gasteiger partial charge in [-0.25, -0.2) is 12.6 Å². The molecule has 0 aromatic rings. The van der Waals surface area contributed by atoms with Crippen LogP contribution in [0.2, 0.25) is 0 Å². The Hall–Kier alpha value is -0.270. The van der Waals surface area contributed by atoms with Crippen LogP contribution in [0.15, 0.2) is 0 Å². The maximum atomic E-state index is 11.2. The van der Waals surface area contributed by atoms with E-state index in [1.165, 1.54) is 12.5 Å². The molecule has 0 saturated carbocycles. The molecule has 2 rings (SSSR count). The lowest BCUT2D eigenvalue weighted by Crippen LogP contribution is -2.54. The van der Waals surface area contributed by atoms with Crippen molar-refractivity contribution in [1.82, 2.24) is 10.6 Å². The third kappa shape index (κ3) is 8.61. The summed E-state index contributed by atoms with van der Waals surface area (Å²) in [5.74, 6) is 3.37. The molecule has 11 heteroatoms. The van der Waals surface area contributed by atoms with Crippen LogP contribution in [0.3, 0.4) is 0 Å². The van der Waals surface area contributed by atoms with Crippen LogP contribution in [0.1, 0.15) is 6.92 Å². The average Bonchev–Trinajstić information content (AvgIpc) is 2.47. The lowest BCUT2D eigenvalue weighted by molar-refractivity contribution is -0.0615. The highest BCUT2D eigenvalue weighted by Gasteiger charge is 2.32. The van der Waals surface area contributed by atoms with Crippen molar-refractivity contribution >= 4 is 25.5 Å². The molecule has 2 saturated heterocycles. The summed E-state index contributed by atoms with van der Waals surface area (Å²) in [5, 5.41) is 34.3. The fourth-order valence-corrected chi connectivity index (χ4v) is 4.76. The highest BCUT2D eigenvalue weighted by Crippen LogP contribution is 2.18. The van der Waals surface area contributed by atoms with Crippen molar-refractivity contribution < 1.29 is 32.1 Å². The third-order valence-corrected chi connectivity index (χ3v) is 5.94. The second kappa shape index (κ2) is 9.78. The van der Waals surface area contributed by atoms with Crippen LogP contribution in [0.25, 0.3) is 0 Å². The summed E-state index contributed by atoms with van der Waals surface area (Å²) in [6, 6.07) is 0. The van der Waals surface area contributed by atoms with Crippen LogP contribution in [0, 0.1) is 11.8 Å². The van der Waals surface area contributed by atoms with Crippen molar-refractivity contribution in [1.29, 1.82) is 0 Å². The minimum Gasteiger partial charge on any atom is -0.392 e. The van der Waals surface area contributed by atoms with Crippen molar-refractivity contribution in [3.05, 3.63) is 0 Å². The zero-order valence-corrected chi connectivity index (χ0v) is 17.1. The van der Waals surface area contributed by atoms with Crippen molar-refractivity contribution in [2.24, 2.45) is 11.8 Å². The normalized spacial score (nSPS) is 37.9. The monoisotopic (exact) mass is 416 g/mol. The van der Waals surface area contributed by atoms with Gasteiger partial charge in [-0.05, 0) is 11.8 Å². The number of hydrogen-bond acceptors (Lipinski definition) is 9. The van der Waals surface area contributed by atoms with Gasteiger partial charge in [-0.15, -0.1) is 0 Å². The molecule has 9 nitrogen and oxygen atoms in total. The second-order valence-electron chi connectivity index (χ2n) is 7.26. The van der Waals surface area contributed by atoms with Crippen LogP contribution in [-0.2, 0) is 23.8 Å². The summed E-state index contributed by atoms with van der Waals surface area (Å²) in [5.41, 5.74) is 0. The van der Waals surface area contributed by atoms with E-state index < -0.39 is 44.1 Å². The van der Waals surface area contributed by atoms with Crippen LogP contribution in [0.4, 0.5) is 0 Å². The van der Waals surface area contributed by atoms with Crippen molar-refractivity contribution in [3.63, 3.8) is 0 Å². The minimum absolute atomic E-state index is 0.0749. The predicted octanol–water partition coefficient (Wildman–Crippen LogP) is -2.79. The van der Waals surface area contributed by atoms with Gasteiger partial charge in [0.15, 0.2) is 0 Å². The number of nitrogens with one attached hydrogen (secondary N) is 2. The molecule has 2 aliphatic rings. The SMILES string of the molecule is C=S(C)(=O)O[C@@H]1CNC[C@H](O)[C@@H]1O.C[C@H]1CNC[C@H](CS(C)(=O)=O)[C@H]1O. The summed E-state index contributed by atoms with van der Waals surface area (Å²) < 4.78 is 38.2. The Bertz CT molecular complexity index is 582. The molecule has 0 amide bonds. The van der Waals surface area contributed by atoms with Gasteiger partial charge in [-0.3, -0.25) is 4.18 Å². The fraction of sp³-hybridized carbons (Fsp3) is 0.933. The van der Waals surface area contributed by atoms with Crippen LogP contribution in [-0.4, -0.2) is 103 Å². The Kier molecular flexibility index (Phi) is 8.94. The summed E-state index contributed by atoms with van der Waals surface area (Å²) in [7, 11) is -5.57. The Balaban J connectivity index is 0.000000260. The molecule has 156 valence electrons. The number of aliphatic hydroxyl groups excluding tert-OH is 3. The fourth-order valence-electron chi connectivity index (χ4n) is 2.96. The molecule has 0 aliphatic carbocycles. The smallest absolute Gasteiger partial charge is 0.147 e. The van der Waals surface area contributed by atoms with Gasteiger partial charge in [0.1, 0.15) is 22.0 Å². The van der Waals surface area contributed by atoms with E-state index in [9.17, 15) is 27.9 Å². The third-order valence-electron chi connectivity index (χ3n) is 4.26. The molecule has 0 aromatic heterocycles. The molecule has 2 aliphatic heterocycles. The quantitative estimate of drug-likeness (QED) is 0.307. The average molecular weight is 417 g/mol. The lowest BCUT2D eigenvalue weighted by Gasteiger charge is -2.32. The first-order valence-corrected chi connectivity index (χ1v) is 12.6. The van der Waals surface area contributed by atoms with E-state index in [0.717, 1.165) is 6.54 Å². The molecule has 5 N–H and O–H groups in total. The topological polar surface area (TPSA) is 145 Å². The molecule has 1 unspecified atom stereocenters. The molecule has 26 heavy (non-hydrogen) atoms. The number of sulfone groups is 1. The molecule has 0 aromatic carbocycles. The molecular formula is C15H32N2O7S2. The molecule has 2 fully saturated rings. The summed E-state index contributed by atoms with van der Waals surface area (Å²) in [6.07, 6.45) is -0.460. The number of hydrogen-bond donors (Lipinski definition) is 5. The van der Waals surface area contributed by atoms with E-state index in [4.69, 9.17) is 4.18 Å². The number of β-amino-alcohol motifs (C(OH)–C–C–N with tert-alkyl or cyclic N) is 1. The van der Waals surface area contributed by atoms with Crippen LogP contribution in [0.5, 0.6) is 0 Å². The Morgan fingerprint density at radius 2 is 1.58 bits per heavy atom. The van der Waals surface area contributed by atoms with E-state index in [-0.39, 0.29) is 17.6 Å². The van der Waals surface area contributed by atoms with Crippen molar-refractivity contribution in [3.8, 4) is 0 Å². The van der Waals surface area contributed by atoms with Crippen LogP contribution < -0.4 is 10.6 Å². The van der Waals surface area contributed by atoms with E-state index in [1.807, 2.05) is 6.92 Å². The lowest BCUT2D eigenvalue weighted by atomic mass is 9.90. The Morgan fingerprint density at radius 3 is 2.12 bits per heavy atom. The van der Waals surface area contributed by atoms with Gasteiger partial charge in [0, 0.05) is 44.6 Å². The largest absolute Gasteiger partial charge is 0.392 e. The van der Waals surface area contributed by atoms with Gasteiger partial charge in [-0.1, -0.05) is 6.92 Å². The highest BCUT2D eigenvalue weighted by atomic mass is 32.2. The Labute approximate surface area is 156 Å². The number of rotatable bonds is 4. The van der Waals surface area contributed by atoms with Gasteiger partial charge in [-0.2, -0.15) is 0 Å². The predicted molar refractivity (Wildman–Crippen MR) is 102 cm³/mol. The molecule has 0 radical (unpaired) electrons. The molecule has 7 atom stereocenters. The number of aliphatic hydroxyl groups is 3. The first-order chi connectivity index (χ1) is 11.8. The zero-order chi connectivity index (χ0) is 20.1. The van der Waals surface area contributed by atoms with Crippen LogP contribution >= 0.6 is 0 Å². The van der Waals surface area contributed by atoms with E-state index >= 15 is 0 Å². The first kappa shape index (κ1) is 23.8. The maximum Gasteiger partial charge on any atom is 0.147 e. The molecule has 2 heterocycles. The minimum atomic E-state index is -2.98. The van der Waals surface area contributed by atoms with Crippen molar-refractivity contribution in [2.75, 3.05) is 44.4 Å². The summed E-state index contributed by atoms with van der Waals surface area (Å²) in [6.45, 7) is 3.98. The van der Waals surface area contributed by atoms with Gasteiger partial charge < -0.3 is 26.0 Å². The highest BCUT2D eigenvalue weighted by molar-refractivity contribution is 7.95. The first-order valence-electron chi connectivity index (χ1n) is 8.44. The molecule has 0 spiro atoms. The second-order valence-corrected chi connectivity index (χ2v) is 11.5. The van der Waals surface area contributed by atoms with E-state index in [2.05, 4.69) is 16.5 Å². The summed E-state index contributed by atoms with van der Waals surface area (Å²) >= 11 is 0. The molecular weight excluding hydrogens is 384 g/mol.